The zero-order chi connectivity index (χ0) is 10.7. The third-order valence-electron chi connectivity index (χ3n) is 2.52. The van der Waals surface area contributed by atoms with Crippen molar-refractivity contribution in [3.8, 4) is 5.75 Å². The Labute approximate surface area is 89.0 Å². The molecule has 0 unspecified atom stereocenters. The van der Waals surface area contributed by atoms with Crippen molar-refractivity contribution in [2.75, 3.05) is 25.1 Å². The van der Waals surface area contributed by atoms with Gasteiger partial charge in [-0.15, -0.1) is 0 Å². The lowest BCUT2D eigenvalue weighted by Gasteiger charge is -2.20. The van der Waals surface area contributed by atoms with Crippen LogP contribution >= 0.6 is 0 Å². The molecule has 1 aliphatic heterocycles. The van der Waals surface area contributed by atoms with E-state index in [0.717, 1.165) is 30.8 Å². The smallest absolute Gasteiger partial charge is 0.152 e. The first-order valence-corrected chi connectivity index (χ1v) is 4.88. The summed E-state index contributed by atoms with van der Waals surface area (Å²) in [6.45, 7) is 1.71. The summed E-state index contributed by atoms with van der Waals surface area (Å²) in [6, 6.07) is 5.49. The standard InChI is InChI=1S/C12H13NO2/c1-15-11-5-4-10(9-14)12(8-11)13-6-2-3-7-13/h2-5,8-9H,6-7H2,1H3. The molecule has 0 bridgehead atoms. The normalized spacial score (nSPS) is 14.3. The van der Waals surface area contributed by atoms with Crippen LogP contribution in [0.4, 0.5) is 5.69 Å². The Morgan fingerprint density at radius 2 is 2.07 bits per heavy atom. The van der Waals surface area contributed by atoms with Gasteiger partial charge in [0.25, 0.3) is 0 Å². The molecular weight excluding hydrogens is 190 g/mol. The second-order valence-corrected chi connectivity index (χ2v) is 3.42. The first kappa shape index (κ1) is 9.77. The first-order chi connectivity index (χ1) is 7.35. The Bertz CT molecular complexity index is 391. The molecule has 0 fully saturated rings. The lowest BCUT2D eigenvalue weighted by Crippen LogP contribution is -2.20. The van der Waals surface area contributed by atoms with E-state index in [1.807, 2.05) is 6.07 Å². The molecule has 0 aromatic heterocycles. The Morgan fingerprint density at radius 3 is 2.67 bits per heavy atom. The van der Waals surface area contributed by atoms with Gasteiger partial charge in [-0.05, 0) is 12.1 Å². The number of carbonyl (C=O) groups is 1. The van der Waals surface area contributed by atoms with Gasteiger partial charge in [-0.1, -0.05) is 12.2 Å². The van der Waals surface area contributed by atoms with Gasteiger partial charge < -0.3 is 9.64 Å². The average molecular weight is 203 g/mol. The third kappa shape index (κ3) is 1.86. The molecule has 0 amide bonds. The number of aldehydes is 1. The summed E-state index contributed by atoms with van der Waals surface area (Å²) in [5, 5.41) is 0. The number of ether oxygens (including phenoxy) is 1. The molecular formula is C12H13NO2. The van der Waals surface area contributed by atoms with E-state index in [9.17, 15) is 4.79 Å². The van der Waals surface area contributed by atoms with Gasteiger partial charge in [0.1, 0.15) is 5.75 Å². The molecule has 0 aliphatic carbocycles. The summed E-state index contributed by atoms with van der Waals surface area (Å²) in [5.74, 6) is 0.780. The molecule has 1 aromatic rings. The molecule has 15 heavy (non-hydrogen) atoms. The molecule has 78 valence electrons. The van der Waals surface area contributed by atoms with Crippen LogP contribution in [0.2, 0.25) is 0 Å². The van der Waals surface area contributed by atoms with E-state index < -0.39 is 0 Å². The molecule has 0 saturated carbocycles. The van der Waals surface area contributed by atoms with Crippen LogP contribution in [0.15, 0.2) is 30.4 Å². The van der Waals surface area contributed by atoms with E-state index in [1.54, 1.807) is 19.2 Å². The summed E-state index contributed by atoms with van der Waals surface area (Å²) >= 11 is 0. The Kier molecular flexibility index (Phi) is 2.72. The maximum absolute atomic E-state index is 10.9. The van der Waals surface area contributed by atoms with Gasteiger partial charge in [-0.3, -0.25) is 4.79 Å². The molecule has 1 aliphatic rings. The topological polar surface area (TPSA) is 29.5 Å². The van der Waals surface area contributed by atoms with Crippen molar-refractivity contribution in [3.05, 3.63) is 35.9 Å². The van der Waals surface area contributed by atoms with E-state index in [2.05, 4.69) is 17.1 Å². The van der Waals surface area contributed by atoms with Crippen LogP contribution in [-0.2, 0) is 0 Å². The number of methoxy groups -OCH3 is 1. The van der Waals surface area contributed by atoms with Crippen molar-refractivity contribution in [1.82, 2.24) is 0 Å². The molecule has 1 heterocycles. The van der Waals surface area contributed by atoms with Gasteiger partial charge in [-0.2, -0.15) is 0 Å². The van der Waals surface area contributed by atoms with Crippen LogP contribution in [0.3, 0.4) is 0 Å². The Morgan fingerprint density at radius 1 is 1.33 bits per heavy atom. The minimum absolute atomic E-state index is 0.708. The van der Waals surface area contributed by atoms with Gasteiger partial charge in [0.15, 0.2) is 6.29 Å². The van der Waals surface area contributed by atoms with E-state index in [0.29, 0.717) is 5.56 Å². The highest BCUT2D eigenvalue weighted by Crippen LogP contribution is 2.26. The van der Waals surface area contributed by atoms with Gasteiger partial charge in [0.2, 0.25) is 0 Å². The number of rotatable bonds is 3. The lowest BCUT2D eigenvalue weighted by molar-refractivity contribution is 0.112. The average Bonchev–Trinajstić information content (AvgIpc) is 2.81. The number of nitrogens with zero attached hydrogens (tertiary/aromatic N) is 1. The molecule has 3 nitrogen and oxygen atoms in total. The number of benzene rings is 1. The molecule has 0 spiro atoms. The summed E-state index contributed by atoms with van der Waals surface area (Å²) in [5.41, 5.74) is 1.65. The van der Waals surface area contributed by atoms with Crippen molar-refractivity contribution in [1.29, 1.82) is 0 Å². The van der Waals surface area contributed by atoms with Crippen molar-refractivity contribution in [2.24, 2.45) is 0 Å². The molecule has 0 radical (unpaired) electrons. The van der Waals surface area contributed by atoms with Gasteiger partial charge >= 0.3 is 0 Å². The van der Waals surface area contributed by atoms with E-state index in [4.69, 9.17) is 4.74 Å². The van der Waals surface area contributed by atoms with Gasteiger partial charge in [0.05, 0.1) is 12.8 Å². The van der Waals surface area contributed by atoms with Crippen LogP contribution < -0.4 is 9.64 Å². The minimum Gasteiger partial charge on any atom is -0.497 e. The number of anilines is 1. The third-order valence-corrected chi connectivity index (χ3v) is 2.52. The van der Waals surface area contributed by atoms with E-state index in [1.165, 1.54) is 0 Å². The van der Waals surface area contributed by atoms with Crippen LogP contribution in [0.25, 0.3) is 0 Å². The fraction of sp³-hybridized carbons (Fsp3) is 0.250. The molecule has 3 heteroatoms. The molecule has 0 saturated heterocycles. The lowest BCUT2D eigenvalue weighted by atomic mass is 10.1. The SMILES string of the molecule is COc1ccc(C=O)c(N2CC=CC2)c1. The van der Waals surface area contributed by atoms with Crippen molar-refractivity contribution in [3.63, 3.8) is 0 Å². The second kappa shape index (κ2) is 4.17. The summed E-state index contributed by atoms with van der Waals surface area (Å²) in [4.78, 5) is 13.0. The Hall–Kier alpha value is -1.77. The van der Waals surface area contributed by atoms with Crippen LogP contribution in [-0.4, -0.2) is 26.5 Å². The highest BCUT2D eigenvalue weighted by atomic mass is 16.5. The fourth-order valence-corrected chi connectivity index (χ4v) is 1.70. The summed E-state index contributed by atoms with van der Waals surface area (Å²) < 4.78 is 5.15. The van der Waals surface area contributed by atoms with Gasteiger partial charge in [0, 0.05) is 24.7 Å². The molecule has 1 aromatic carbocycles. The fourth-order valence-electron chi connectivity index (χ4n) is 1.70. The molecule has 0 atom stereocenters. The highest BCUT2D eigenvalue weighted by Gasteiger charge is 2.12. The number of hydrogen-bond acceptors (Lipinski definition) is 3. The zero-order valence-electron chi connectivity index (χ0n) is 8.64. The summed E-state index contributed by atoms with van der Waals surface area (Å²) in [7, 11) is 1.63. The van der Waals surface area contributed by atoms with Crippen molar-refractivity contribution in [2.45, 2.75) is 0 Å². The molecule has 0 N–H and O–H groups in total. The quantitative estimate of drug-likeness (QED) is 0.555. The largest absolute Gasteiger partial charge is 0.497 e. The second-order valence-electron chi connectivity index (χ2n) is 3.42. The monoisotopic (exact) mass is 203 g/mol. The first-order valence-electron chi connectivity index (χ1n) is 4.88. The van der Waals surface area contributed by atoms with E-state index in [-0.39, 0.29) is 0 Å². The van der Waals surface area contributed by atoms with Crippen LogP contribution in [0, 0.1) is 0 Å². The van der Waals surface area contributed by atoms with E-state index >= 15 is 0 Å². The Balaban J connectivity index is 2.37. The summed E-state index contributed by atoms with van der Waals surface area (Å²) in [6.07, 6.45) is 5.06. The maximum atomic E-state index is 10.9. The molecule has 2 rings (SSSR count). The number of hydrogen-bond donors (Lipinski definition) is 0. The predicted octanol–water partition coefficient (Wildman–Crippen LogP) is 1.88. The van der Waals surface area contributed by atoms with Crippen molar-refractivity contribution < 1.29 is 9.53 Å². The number of carbonyl (C=O) groups excluding carboxylic acids is 1. The minimum atomic E-state index is 0.708. The van der Waals surface area contributed by atoms with Crippen molar-refractivity contribution >= 4 is 12.0 Å². The van der Waals surface area contributed by atoms with Crippen LogP contribution in [0.5, 0.6) is 5.75 Å². The van der Waals surface area contributed by atoms with Crippen LogP contribution in [0.1, 0.15) is 10.4 Å². The predicted molar refractivity (Wildman–Crippen MR) is 59.7 cm³/mol. The highest BCUT2D eigenvalue weighted by molar-refractivity contribution is 5.85. The zero-order valence-corrected chi connectivity index (χ0v) is 8.64. The maximum Gasteiger partial charge on any atom is 0.152 e. The van der Waals surface area contributed by atoms with Gasteiger partial charge in [-0.25, -0.2) is 0 Å².